The van der Waals surface area contributed by atoms with Crippen LogP contribution in [-0.4, -0.2) is 33.0 Å². The molecule has 1 aliphatic carbocycles. The molecule has 2 N–H and O–H groups in total. The smallest absolute Gasteiger partial charge is 0.387 e. The summed E-state index contributed by atoms with van der Waals surface area (Å²) in [7, 11) is 1.67. The quantitative estimate of drug-likeness (QED) is 0.348. The number of hydrogen-bond donors (Lipinski definition) is 2. The molecular formula is C20H22F2IN3O3. The Kier molecular flexibility index (Phi) is 6.99. The van der Waals surface area contributed by atoms with Crippen LogP contribution in [0.15, 0.2) is 41.4 Å². The SMILES string of the molecule is CN=C(NCc1cc2c(cc1OC(F)F)OCO2)NCC1Cc2ccccc21.I. The molecule has 4 rings (SSSR count). The fourth-order valence-electron chi connectivity index (χ4n) is 3.47. The van der Waals surface area contributed by atoms with Gasteiger partial charge in [0.1, 0.15) is 5.75 Å². The molecule has 0 spiro atoms. The molecule has 1 atom stereocenters. The second-order valence-corrected chi connectivity index (χ2v) is 6.60. The van der Waals surface area contributed by atoms with Crippen molar-refractivity contribution >= 4 is 29.9 Å². The lowest BCUT2D eigenvalue weighted by Crippen LogP contribution is -2.40. The van der Waals surface area contributed by atoms with Crippen LogP contribution in [0.4, 0.5) is 8.78 Å². The van der Waals surface area contributed by atoms with E-state index in [-0.39, 0.29) is 43.1 Å². The zero-order valence-corrected chi connectivity index (χ0v) is 18.1. The van der Waals surface area contributed by atoms with Crippen LogP contribution in [0.2, 0.25) is 0 Å². The number of guanidine groups is 1. The fourth-order valence-corrected chi connectivity index (χ4v) is 3.47. The molecular weight excluding hydrogens is 495 g/mol. The zero-order chi connectivity index (χ0) is 19.5. The van der Waals surface area contributed by atoms with Crippen molar-refractivity contribution in [3.63, 3.8) is 0 Å². The summed E-state index contributed by atoms with van der Waals surface area (Å²) in [5.74, 6) is 1.98. The van der Waals surface area contributed by atoms with Crippen molar-refractivity contribution in [3.05, 3.63) is 53.1 Å². The van der Waals surface area contributed by atoms with Gasteiger partial charge in [-0.25, -0.2) is 0 Å². The van der Waals surface area contributed by atoms with Crippen molar-refractivity contribution in [2.45, 2.75) is 25.5 Å². The summed E-state index contributed by atoms with van der Waals surface area (Å²) in [6.45, 7) is -1.86. The number of hydrogen-bond acceptors (Lipinski definition) is 4. The number of fused-ring (bicyclic) bond motifs is 2. The van der Waals surface area contributed by atoms with Crippen LogP contribution in [0.5, 0.6) is 17.2 Å². The highest BCUT2D eigenvalue weighted by atomic mass is 127. The molecule has 0 fully saturated rings. The van der Waals surface area contributed by atoms with Gasteiger partial charge in [-0.3, -0.25) is 4.99 Å². The van der Waals surface area contributed by atoms with Gasteiger partial charge in [-0.2, -0.15) is 8.78 Å². The zero-order valence-electron chi connectivity index (χ0n) is 15.8. The van der Waals surface area contributed by atoms with Crippen LogP contribution in [-0.2, 0) is 13.0 Å². The summed E-state index contributed by atoms with van der Waals surface area (Å²) in [6, 6.07) is 11.4. The van der Waals surface area contributed by atoms with Gasteiger partial charge in [0.2, 0.25) is 6.79 Å². The van der Waals surface area contributed by atoms with Crippen molar-refractivity contribution in [1.29, 1.82) is 0 Å². The number of nitrogens with zero attached hydrogens (tertiary/aromatic N) is 1. The van der Waals surface area contributed by atoms with E-state index in [0.29, 0.717) is 28.9 Å². The second-order valence-electron chi connectivity index (χ2n) is 6.60. The average Bonchev–Trinajstić information content (AvgIpc) is 3.11. The molecule has 1 unspecified atom stereocenters. The van der Waals surface area contributed by atoms with Crippen LogP contribution in [0.1, 0.15) is 22.6 Å². The molecule has 0 aromatic heterocycles. The highest BCUT2D eigenvalue weighted by Crippen LogP contribution is 2.38. The molecule has 9 heteroatoms. The predicted octanol–water partition coefficient (Wildman–Crippen LogP) is 3.64. The third kappa shape index (κ3) is 4.82. The Morgan fingerprint density at radius 1 is 1.21 bits per heavy atom. The van der Waals surface area contributed by atoms with Crippen LogP contribution in [0.25, 0.3) is 0 Å². The number of benzene rings is 2. The molecule has 2 aliphatic rings. The molecule has 29 heavy (non-hydrogen) atoms. The molecule has 156 valence electrons. The largest absolute Gasteiger partial charge is 0.454 e. The maximum atomic E-state index is 12.7. The van der Waals surface area contributed by atoms with E-state index in [1.165, 1.54) is 17.2 Å². The fraction of sp³-hybridized carbons (Fsp3) is 0.350. The van der Waals surface area contributed by atoms with Crippen molar-refractivity contribution in [2.24, 2.45) is 4.99 Å². The maximum Gasteiger partial charge on any atom is 0.387 e. The van der Waals surface area contributed by atoms with E-state index in [4.69, 9.17) is 9.47 Å². The molecule has 0 saturated carbocycles. The average molecular weight is 517 g/mol. The van der Waals surface area contributed by atoms with Gasteiger partial charge in [0, 0.05) is 37.7 Å². The third-order valence-corrected chi connectivity index (χ3v) is 4.92. The first kappa shape index (κ1) is 21.4. The molecule has 2 aromatic rings. The van der Waals surface area contributed by atoms with Gasteiger partial charge in [0.05, 0.1) is 0 Å². The topological polar surface area (TPSA) is 64.1 Å². The van der Waals surface area contributed by atoms with Gasteiger partial charge in [0.25, 0.3) is 0 Å². The minimum atomic E-state index is -2.92. The van der Waals surface area contributed by atoms with Crippen LogP contribution >= 0.6 is 24.0 Å². The van der Waals surface area contributed by atoms with Crippen molar-refractivity contribution < 1.29 is 23.0 Å². The van der Waals surface area contributed by atoms with Crippen LogP contribution in [0, 0.1) is 0 Å². The van der Waals surface area contributed by atoms with Gasteiger partial charge >= 0.3 is 6.61 Å². The Morgan fingerprint density at radius 2 is 1.97 bits per heavy atom. The van der Waals surface area contributed by atoms with E-state index < -0.39 is 6.61 Å². The molecule has 0 radical (unpaired) electrons. The van der Waals surface area contributed by atoms with E-state index in [1.807, 2.05) is 12.1 Å². The Hall–Kier alpha value is -2.30. The number of ether oxygens (including phenoxy) is 3. The van der Waals surface area contributed by atoms with Gasteiger partial charge < -0.3 is 24.8 Å². The molecule has 6 nitrogen and oxygen atoms in total. The lowest BCUT2D eigenvalue weighted by atomic mass is 9.78. The Morgan fingerprint density at radius 3 is 2.69 bits per heavy atom. The summed E-state index contributed by atoms with van der Waals surface area (Å²) in [6.07, 6.45) is 1.04. The maximum absolute atomic E-state index is 12.7. The highest BCUT2D eigenvalue weighted by molar-refractivity contribution is 14.0. The molecule has 0 saturated heterocycles. The Labute approximate surface area is 184 Å². The van der Waals surface area contributed by atoms with E-state index >= 15 is 0 Å². The Balaban J connectivity index is 0.00000240. The normalized spacial score (nSPS) is 16.6. The number of rotatable bonds is 6. The lowest BCUT2D eigenvalue weighted by Gasteiger charge is -2.30. The minimum Gasteiger partial charge on any atom is -0.454 e. The van der Waals surface area contributed by atoms with Gasteiger partial charge in [0.15, 0.2) is 17.5 Å². The van der Waals surface area contributed by atoms with E-state index in [2.05, 4.69) is 32.5 Å². The summed E-state index contributed by atoms with van der Waals surface area (Å²) in [4.78, 5) is 4.20. The summed E-state index contributed by atoms with van der Waals surface area (Å²) >= 11 is 0. The minimum absolute atomic E-state index is 0. The number of nitrogens with one attached hydrogen (secondary N) is 2. The van der Waals surface area contributed by atoms with E-state index in [0.717, 1.165) is 13.0 Å². The van der Waals surface area contributed by atoms with E-state index in [9.17, 15) is 8.78 Å². The number of halogens is 3. The lowest BCUT2D eigenvalue weighted by molar-refractivity contribution is -0.0505. The number of aliphatic imine (C=N–C) groups is 1. The third-order valence-electron chi connectivity index (χ3n) is 4.92. The summed E-state index contributed by atoms with van der Waals surface area (Å²) in [5, 5.41) is 6.42. The van der Waals surface area contributed by atoms with Crippen molar-refractivity contribution in [3.8, 4) is 17.2 Å². The first-order chi connectivity index (χ1) is 13.6. The van der Waals surface area contributed by atoms with Gasteiger partial charge in [-0.05, 0) is 23.6 Å². The van der Waals surface area contributed by atoms with Crippen molar-refractivity contribution in [1.82, 2.24) is 10.6 Å². The standard InChI is InChI=1S/C20H21F2N3O3.HI/c1-23-20(24-9-13-6-12-4-2-3-5-15(12)13)25-10-14-7-17-18(27-11-26-17)8-16(14)28-19(21)22;/h2-5,7-8,13,19H,6,9-11H2,1H3,(H2,23,24,25);1H. The van der Waals surface area contributed by atoms with Gasteiger partial charge in [-0.15, -0.1) is 24.0 Å². The molecule has 1 heterocycles. The predicted molar refractivity (Wildman–Crippen MR) is 116 cm³/mol. The highest BCUT2D eigenvalue weighted by Gasteiger charge is 2.25. The van der Waals surface area contributed by atoms with Crippen molar-refractivity contribution in [2.75, 3.05) is 20.4 Å². The molecule has 1 aliphatic heterocycles. The molecule has 0 amide bonds. The van der Waals surface area contributed by atoms with Gasteiger partial charge in [-0.1, -0.05) is 24.3 Å². The summed E-state index contributed by atoms with van der Waals surface area (Å²) < 4.78 is 40.7. The van der Waals surface area contributed by atoms with Crippen LogP contribution < -0.4 is 24.8 Å². The first-order valence-electron chi connectivity index (χ1n) is 9.03. The van der Waals surface area contributed by atoms with Crippen LogP contribution in [0.3, 0.4) is 0 Å². The first-order valence-corrected chi connectivity index (χ1v) is 9.03. The second kappa shape index (κ2) is 9.47. The Bertz CT molecular complexity index is 895. The monoisotopic (exact) mass is 517 g/mol. The molecule has 2 aromatic carbocycles. The van der Waals surface area contributed by atoms with E-state index in [1.54, 1.807) is 13.1 Å². The number of alkyl halides is 2. The summed E-state index contributed by atoms with van der Waals surface area (Å²) in [5.41, 5.74) is 3.27. The molecule has 0 bridgehead atoms.